The molecule has 7 heteroatoms. The molecule has 1 aliphatic rings. The van der Waals surface area contributed by atoms with Crippen molar-refractivity contribution in [3.05, 3.63) is 64.7 Å². The molecule has 0 bridgehead atoms. The summed E-state index contributed by atoms with van der Waals surface area (Å²) in [4.78, 5) is 4.66. The van der Waals surface area contributed by atoms with E-state index in [2.05, 4.69) is 46.8 Å². The molecule has 2 aromatic carbocycles. The highest BCUT2D eigenvalue weighted by atomic mass is 127. The lowest BCUT2D eigenvalue weighted by Gasteiger charge is -2.17. The average Bonchev–Trinajstić information content (AvgIpc) is 3.29. The molecule has 1 saturated heterocycles. The first kappa shape index (κ1) is 25.0. The van der Waals surface area contributed by atoms with Crippen molar-refractivity contribution in [3.63, 3.8) is 0 Å². The standard InChI is InChI=1S/C24H30N4O2.HI/c1-3-26-24(27-14-20-6-4-5-19(12-20)13-25)28-15-22-8-7-18(2)11-23(22)30-17-21-9-10-29-16-21;/h4-8,11-12,21H,3,9-10,14-17H2,1-2H3,(H2,26,27,28);1H. The summed E-state index contributed by atoms with van der Waals surface area (Å²) < 4.78 is 11.6. The number of aliphatic imine (C=N–C) groups is 1. The van der Waals surface area contributed by atoms with Crippen molar-refractivity contribution in [2.45, 2.75) is 33.4 Å². The van der Waals surface area contributed by atoms with E-state index in [9.17, 15) is 0 Å². The monoisotopic (exact) mass is 534 g/mol. The quantitative estimate of drug-likeness (QED) is 0.302. The summed E-state index contributed by atoms with van der Waals surface area (Å²) in [6.45, 7) is 8.29. The van der Waals surface area contributed by atoms with Gasteiger partial charge >= 0.3 is 0 Å². The fraction of sp³-hybridized carbons (Fsp3) is 0.417. The zero-order chi connectivity index (χ0) is 21.2. The van der Waals surface area contributed by atoms with E-state index in [1.54, 1.807) is 6.07 Å². The van der Waals surface area contributed by atoms with E-state index in [1.807, 2.05) is 25.1 Å². The molecule has 1 unspecified atom stereocenters. The van der Waals surface area contributed by atoms with E-state index in [1.165, 1.54) is 5.56 Å². The minimum absolute atomic E-state index is 0. The van der Waals surface area contributed by atoms with Crippen molar-refractivity contribution < 1.29 is 9.47 Å². The summed E-state index contributed by atoms with van der Waals surface area (Å²) >= 11 is 0. The summed E-state index contributed by atoms with van der Waals surface area (Å²) in [6.07, 6.45) is 1.06. The second-order valence-corrected chi connectivity index (χ2v) is 7.51. The molecule has 0 radical (unpaired) electrons. The van der Waals surface area contributed by atoms with Crippen molar-refractivity contribution in [1.82, 2.24) is 10.6 Å². The van der Waals surface area contributed by atoms with Gasteiger partial charge in [-0.3, -0.25) is 0 Å². The van der Waals surface area contributed by atoms with E-state index in [0.717, 1.165) is 49.0 Å². The fourth-order valence-electron chi connectivity index (χ4n) is 3.29. The van der Waals surface area contributed by atoms with Gasteiger partial charge in [0.2, 0.25) is 0 Å². The van der Waals surface area contributed by atoms with Crippen LogP contribution >= 0.6 is 24.0 Å². The number of ether oxygens (including phenoxy) is 2. The largest absolute Gasteiger partial charge is 0.493 e. The first-order chi connectivity index (χ1) is 14.7. The molecular formula is C24H31IN4O2. The molecule has 2 N–H and O–H groups in total. The Balaban J connectivity index is 0.00000341. The van der Waals surface area contributed by atoms with Gasteiger partial charge in [-0.15, -0.1) is 24.0 Å². The highest BCUT2D eigenvalue weighted by molar-refractivity contribution is 14.0. The number of nitriles is 1. The Morgan fingerprint density at radius 3 is 2.87 bits per heavy atom. The summed E-state index contributed by atoms with van der Waals surface area (Å²) in [5, 5.41) is 15.7. The van der Waals surface area contributed by atoms with E-state index in [0.29, 0.717) is 31.2 Å². The SMILES string of the molecule is CCNC(=NCc1cccc(C#N)c1)NCc1ccc(C)cc1OCC1CCOC1.I. The van der Waals surface area contributed by atoms with Gasteiger partial charge in [0.15, 0.2) is 5.96 Å². The summed E-state index contributed by atoms with van der Waals surface area (Å²) in [5.74, 6) is 2.11. The van der Waals surface area contributed by atoms with Crippen molar-refractivity contribution in [3.8, 4) is 11.8 Å². The maximum Gasteiger partial charge on any atom is 0.191 e. The lowest BCUT2D eigenvalue weighted by Crippen LogP contribution is -2.36. The van der Waals surface area contributed by atoms with Crippen LogP contribution in [-0.4, -0.2) is 32.3 Å². The number of hydrogen-bond acceptors (Lipinski definition) is 4. The molecule has 1 aliphatic heterocycles. The third kappa shape index (κ3) is 8.04. The molecule has 0 aromatic heterocycles. The molecule has 6 nitrogen and oxygen atoms in total. The van der Waals surface area contributed by atoms with Crippen LogP contribution in [0.25, 0.3) is 0 Å². The zero-order valence-electron chi connectivity index (χ0n) is 18.2. The number of hydrogen-bond donors (Lipinski definition) is 2. The van der Waals surface area contributed by atoms with Gasteiger partial charge in [-0.2, -0.15) is 5.26 Å². The van der Waals surface area contributed by atoms with Crippen LogP contribution in [0.4, 0.5) is 0 Å². The molecule has 0 saturated carbocycles. The number of rotatable bonds is 8. The Labute approximate surface area is 202 Å². The topological polar surface area (TPSA) is 78.7 Å². The molecule has 166 valence electrons. The van der Waals surface area contributed by atoms with Crippen LogP contribution < -0.4 is 15.4 Å². The van der Waals surface area contributed by atoms with Gasteiger partial charge in [-0.05, 0) is 49.6 Å². The second-order valence-electron chi connectivity index (χ2n) is 7.51. The Bertz CT molecular complexity index is 905. The molecular weight excluding hydrogens is 503 g/mol. The van der Waals surface area contributed by atoms with Crippen LogP contribution in [0.1, 0.15) is 35.6 Å². The molecule has 0 amide bonds. The van der Waals surface area contributed by atoms with Gasteiger partial charge in [-0.25, -0.2) is 4.99 Å². The normalized spacial score (nSPS) is 15.6. The van der Waals surface area contributed by atoms with Gasteiger partial charge in [-0.1, -0.05) is 24.3 Å². The number of guanidine groups is 1. The van der Waals surface area contributed by atoms with Crippen molar-refractivity contribution in [2.75, 3.05) is 26.4 Å². The van der Waals surface area contributed by atoms with Gasteiger partial charge in [0.25, 0.3) is 0 Å². The van der Waals surface area contributed by atoms with Crippen molar-refractivity contribution in [1.29, 1.82) is 5.26 Å². The fourth-order valence-corrected chi connectivity index (χ4v) is 3.29. The third-order valence-corrected chi connectivity index (χ3v) is 4.99. The molecule has 1 heterocycles. The Kier molecular flexibility index (Phi) is 10.6. The number of benzene rings is 2. The molecule has 1 atom stereocenters. The highest BCUT2D eigenvalue weighted by Crippen LogP contribution is 2.22. The Hall–Kier alpha value is -2.31. The summed E-state index contributed by atoms with van der Waals surface area (Å²) in [6, 6.07) is 16.0. The first-order valence-electron chi connectivity index (χ1n) is 10.5. The minimum atomic E-state index is 0. The average molecular weight is 534 g/mol. The third-order valence-electron chi connectivity index (χ3n) is 4.99. The van der Waals surface area contributed by atoms with Gasteiger partial charge in [0.05, 0.1) is 31.4 Å². The van der Waals surface area contributed by atoms with Crippen molar-refractivity contribution in [2.24, 2.45) is 10.9 Å². The zero-order valence-corrected chi connectivity index (χ0v) is 20.5. The minimum Gasteiger partial charge on any atom is -0.493 e. The summed E-state index contributed by atoms with van der Waals surface area (Å²) in [7, 11) is 0. The first-order valence-corrected chi connectivity index (χ1v) is 10.5. The maximum absolute atomic E-state index is 9.06. The lowest BCUT2D eigenvalue weighted by atomic mass is 10.1. The summed E-state index contributed by atoms with van der Waals surface area (Å²) in [5.41, 5.74) is 3.92. The van der Waals surface area contributed by atoms with Crippen LogP contribution in [0.5, 0.6) is 5.75 Å². The molecule has 0 spiro atoms. The number of aryl methyl sites for hydroxylation is 1. The number of halogens is 1. The number of nitrogens with zero attached hydrogens (tertiary/aromatic N) is 2. The van der Waals surface area contributed by atoms with Crippen LogP contribution in [0.3, 0.4) is 0 Å². The van der Waals surface area contributed by atoms with Crippen LogP contribution in [0.15, 0.2) is 47.5 Å². The van der Waals surface area contributed by atoms with Gasteiger partial charge < -0.3 is 20.1 Å². The predicted molar refractivity (Wildman–Crippen MR) is 134 cm³/mol. The van der Waals surface area contributed by atoms with Crippen LogP contribution in [-0.2, 0) is 17.8 Å². The van der Waals surface area contributed by atoms with E-state index < -0.39 is 0 Å². The predicted octanol–water partition coefficient (Wildman–Crippen LogP) is 4.16. The smallest absolute Gasteiger partial charge is 0.191 e. The Morgan fingerprint density at radius 2 is 2.13 bits per heavy atom. The molecule has 0 aliphatic carbocycles. The van der Waals surface area contributed by atoms with Gasteiger partial charge in [0.1, 0.15) is 5.75 Å². The van der Waals surface area contributed by atoms with Gasteiger partial charge in [0, 0.05) is 31.2 Å². The second kappa shape index (κ2) is 13.2. The highest BCUT2D eigenvalue weighted by Gasteiger charge is 2.17. The lowest BCUT2D eigenvalue weighted by molar-refractivity contribution is 0.166. The van der Waals surface area contributed by atoms with E-state index in [4.69, 9.17) is 14.7 Å². The molecule has 1 fully saturated rings. The molecule has 31 heavy (non-hydrogen) atoms. The van der Waals surface area contributed by atoms with Crippen LogP contribution in [0, 0.1) is 24.2 Å². The van der Waals surface area contributed by atoms with Crippen molar-refractivity contribution >= 4 is 29.9 Å². The molecule has 2 aromatic rings. The van der Waals surface area contributed by atoms with E-state index in [-0.39, 0.29) is 24.0 Å². The Morgan fingerprint density at radius 1 is 1.26 bits per heavy atom. The van der Waals surface area contributed by atoms with E-state index >= 15 is 0 Å². The maximum atomic E-state index is 9.06. The molecule has 3 rings (SSSR count). The number of nitrogens with one attached hydrogen (secondary N) is 2. The van der Waals surface area contributed by atoms with Crippen LogP contribution in [0.2, 0.25) is 0 Å².